The van der Waals surface area contributed by atoms with Gasteiger partial charge in [0, 0.05) is 17.7 Å². The van der Waals surface area contributed by atoms with Crippen molar-refractivity contribution >= 4 is 15.9 Å². The first-order valence-corrected chi connectivity index (χ1v) is 7.42. The number of rotatable bonds is 5. The van der Waals surface area contributed by atoms with Crippen molar-refractivity contribution in [3.05, 3.63) is 47.2 Å². The van der Waals surface area contributed by atoms with Gasteiger partial charge in [-0.3, -0.25) is 5.41 Å². The third-order valence-electron chi connectivity index (χ3n) is 2.79. The number of nitrogens with zero attached hydrogens (tertiary/aromatic N) is 1. The van der Waals surface area contributed by atoms with Gasteiger partial charge >= 0.3 is 0 Å². The Morgan fingerprint density at radius 1 is 1.52 bits per heavy atom. The summed E-state index contributed by atoms with van der Waals surface area (Å²) in [7, 11) is -3.78. The molecule has 0 aliphatic rings. The Balaban J connectivity index is 2.15. The first kappa shape index (κ1) is 15.1. The van der Waals surface area contributed by atoms with Crippen LogP contribution in [-0.2, 0) is 16.6 Å². The maximum atomic E-state index is 13.8. The Kier molecular flexibility index (Phi) is 4.05. The van der Waals surface area contributed by atoms with Crippen molar-refractivity contribution in [1.82, 2.24) is 14.7 Å². The van der Waals surface area contributed by atoms with Gasteiger partial charge in [-0.15, -0.1) is 0 Å². The molecule has 2 aromatic rings. The molecule has 1 heterocycles. The van der Waals surface area contributed by atoms with Gasteiger partial charge in [-0.2, -0.15) is 0 Å². The van der Waals surface area contributed by atoms with E-state index < -0.39 is 15.8 Å². The molecule has 1 aromatic heterocycles. The average molecular weight is 311 g/mol. The second-order valence-corrected chi connectivity index (χ2v) is 6.11. The topological polar surface area (TPSA) is 125 Å². The molecule has 9 heteroatoms. The zero-order chi connectivity index (χ0) is 15.6. The first-order chi connectivity index (χ1) is 9.79. The largest absolute Gasteiger partial charge is 0.384 e. The maximum absolute atomic E-state index is 13.8. The number of nitrogens with two attached hydrogens (primary N) is 1. The smallest absolute Gasteiger partial charge is 0.257 e. The standard InChI is InChI=1S/C12H14FN5O2S/c1-7-16-6-11(18-7)21(19,20)17-5-9-3-2-8(12(14)15)4-10(9)13/h2-4,6,17H,5H2,1H3,(H3,14,15)(H,16,18). The number of nitrogen functional groups attached to an aromatic ring is 1. The molecule has 0 unspecified atom stereocenters. The van der Waals surface area contributed by atoms with Crippen molar-refractivity contribution < 1.29 is 12.8 Å². The minimum absolute atomic E-state index is 0.0826. The van der Waals surface area contributed by atoms with E-state index in [2.05, 4.69) is 14.7 Å². The van der Waals surface area contributed by atoms with Gasteiger partial charge in [0.05, 0.1) is 6.20 Å². The monoisotopic (exact) mass is 311 g/mol. The van der Waals surface area contributed by atoms with E-state index in [4.69, 9.17) is 11.1 Å². The van der Waals surface area contributed by atoms with Gasteiger partial charge in [-0.25, -0.2) is 22.5 Å². The number of imidazole rings is 1. The van der Waals surface area contributed by atoms with Crippen molar-refractivity contribution in [2.75, 3.05) is 0 Å². The molecule has 1 aromatic carbocycles. The Morgan fingerprint density at radius 2 is 2.24 bits per heavy atom. The van der Waals surface area contributed by atoms with E-state index in [-0.39, 0.29) is 28.5 Å². The van der Waals surface area contributed by atoms with E-state index in [1.54, 1.807) is 6.92 Å². The number of benzene rings is 1. The van der Waals surface area contributed by atoms with Crippen LogP contribution in [0, 0.1) is 18.2 Å². The molecule has 0 saturated carbocycles. The summed E-state index contributed by atoms with van der Waals surface area (Å²) in [6.07, 6.45) is 1.19. The number of hydrogen-bond acceptors (Lipinski definition) is 4. The molecule has 0 radical (unpaired) electrons. The molecule has 0 amide bonds. The van der Waals surface area contributed by atoms with E-state index in [1.165, 1.54) is 18.3 Å². The highest BCUT2D eigenvalue weighted by atomic mass is 32.2. The van der Waals surface area contributed by atoms with Crippen LogP contribution in [0.25, 0.3) is 0 Å². The zero-order valence-corrected chi connectivity index (χ0v) is 12.0. The zero-order valence-electron chi connectivity index (χ0n) is 11.1. The lowest BCUT2D eigenvalue weighted by Crippen LogP contribution is -2.24. The van der Waals surface area contributed by atoms with Crippen LogP contribution in [-0.4, -0.2) is 24.2 Å². The maximum Gasteiger partial charge on any atom is 0.257 e. The SMILES string of the molecule is Cc1ncc(S(=O)(=O)NCc2ccc(C(=N)N)cc2F)[nH]1. The van der Waals surface area contributed by atoms with Gasteiger partial charge in [0.15, 0.2) is 5.03 Å². The van der Waals surface area contributed by atoms with Crippen LogP contribution in [0.1, 0.15) is 17.0 Å². The average Bonchev–Trinajstić information content (AvgIpc) is 2.84. The number of hydrogen-bond donors (Lipinski definition) is 4. The van der Waals surface area contributed by atoms with Crippen LogP contribution in [0.15, 0.2) is 29.4 Å². The Morgan fingerprint density at radius 3 is 2.76 bits per heavy atom. The van der Waals surface area contributed by atoms with Crippen molar-refractivity contribution in [2.45, 2.75) is 18.5 Å². The van der Waals surface area contributed by atoms with Crippen molar-refractivity contribution in [3.8, 4) is 0 Å². The third kappa shape index (κ3) is 3.44. The summed E-state index contributed by atoms with van der Waals surface area (Å²) >= 11 is 0. The van der Waals surface area contributed by atoms with Gasteiger partial charge in [0.25, 0.3) is 10.0 Å². The highest BCUT2D eigenvalue weighted by molar-refractivity contribution is 7.89. The van der Waals surface area contributed by atoms with Crippen LogP contribution >= 0.6 is 0 Å². The van der Waals surface area contributed by atoms with Crippen LogP contribution < -0.4 is 10.5 Å². The Hall–Kier alpha value is -2.26. The molecule has 0 saturated heterocycles. The molecule has 5 N–H and O–H groups in total. The van der Waals surface area contributed by atoms with Crippen LogP contribution in [0.2, 0.25) is 0 Å². The van der Waals surface area contributed by atoms with Gasteiger partial charge in [-0.05, 0) is 13.0 Å². The first-order valence-electron chi connectivity index (χ1n) is 5.93. The number of sulfonamides is 1. The molecule has 2 rings (SSSR count). The summed E-state index contributed by atoms with van der Waals surface area (Å²) < 4.78 is 39.9. The fourth-order valence-electron chi connectivity index (χ4n) is 1.64. The molecule has 0 fully saturated rings. The summed E-state index contributed by atoms with van der Waals surface area (Å²) in [5, 5.41) is 7.12. The Labute approximate surface area is 121 Å². The van der Waals surface area contributed by atoms with Crippen molar-refractivity contribution in [2.24, 2.45) is 5.73 Å². The highest BCUT2D eigenvalue weighted by Gasteiger charge is 2.17. The quantitative estimate of drug-likeness (QED) is 0.477. The molecule has 0 bridgehead atoms. The third-order valence-corrected chi connectivity index (χ3v) is 4.10. The van der Waals surface area contributed by atoms with E-state index in [0.29, 0.717) is 5.82 Å². The number of nitrogens with one attached hydrogen (secondary N) is 3. The minimum atomic E-state index is -3.78. The summed E-state index contributed by atoms with van der Waals surface area (Å²) in [6.45, 7) is 1.41. The predicted molar refractivity (Wildman–Crippen MR) is 74.8 cm³/mol. The number of aromatic amines is 1. The molecular weight excluding hydrogens is 297 g/mol. The predicted octanol–water partition coefficient (Wildman–Crippen LogP) is 0.620. The summed E-state index contributed by atoms with van der Waals surface area (Å²) in [5.74, 6) is -0.424. The van der Waals surface area contributed by atoms with E-state index in [0.717, 1.165) is 6.07 Å². The summed E-state index contributed by atoms with van der Waals surface area (Å²) in [6, 6.07) is 3.93. The van der Waals surface area contributed by atoms with Crippen LogP contribution in [0.5, 0.6) is 0 Å². The normalized spacial score (nSPS) is 11.5. The molecule has 7 nitrogen and oxygen atoms in total. The van der Waals surface area contributed by atoms with E-state index >= 15 is 0 Å². The highest BCUT2D eigenvalue weighted by Crippen LogP contribution is 2.12. The fourth-order valence-corrected chi connectivity index (χ4v) is 2.62. The number of halogens is 1. The lowest BCUT2D eigenvalue weighted by atomic mass is 10.1. The molecule has 0 spiro atoms. The number of aryl methyl sites for hydroxylation is 1. The minimum Gasteiger partial charge on any atom is -0.384 e. The molecule has 112 valence electrons. The van der Waals surface area contributed by atoms with Crippen LogP contribution in [0.3, 0.4) is 0 Å². The van der Waals surface area contributed by atoms with Gasteiger partial charge in [0.1, 0.15) is 17.5 Å². The number of amidine groups is 1. The van der Waals surface area contributed by atoms with E-state index in [1.807, 2.05) is 0 Å². The second-order valence-electron chi connectivity index (χ2n) is 4.38. The van der Waals surface area contributed by atoms with Crippen molar-refractivity contribution in [1.29, 1.82) is 5.41 Å². The number of H-pyrrole nitrogens is 1. The molecule has 0 aliphatic heterocycles. The number of aromatic nitrogens is 2. The van der Waals surface area contributed by atoms with Gasteiger partial charge in [0.2, 0.25) is 0 Å². The van der Waals surface area contributed by atoms with Crippen LogP contribution in [0.4, 0.5) is 4.39 Å². The summed E-state index contributed by atoms with van der Waals surface area (Å²) in [5.41, 5.74) is 5.64. The van der Waals surface area contributed by atoms with Gasteiger partial charge < -0.3 is 10.7 Å². The van der Waals surface area contributed by atoms with E-state index in [9.17, 15) is 12.8 Å². The lowest BCUT2D eigenvalue weighted by Gasteiger charge is -2.07. The van der Waals surface area contributed by atoms with Crippen molar-refractivity contribution in [3.63, 3.8) is 0 Å². The molecule has 0 atom stereocenters. The lowest BCUT2D eigenvalue weighted by molar-refractivity contribution is 0.571. The molecular formula is C12H14FN5O2S. The summed E-state index contributed by atoms with van der Waals surface area (Å²) in [4.78, 5) is 6.39. The van der Waals surface area contributed by atoms with Gasteiger partial charge in [-0.1, -0.05) is 12.1 Å². The molecule has 0 aliphatic carbocycles. The fraction of sp³-hybridized carbons (Fsp3) is 0.167. The Bertz CT molecular complexity index is 785. The molecule has 21 heavy (non-hydrogen) atoms. The second kappa shape index (κ2) is 5.62.